The molecule has 0 aliphatic heterocycles. The topological polar surface area (TPSA) is 86.5 Å². The highest BCUT2D eigenvalue weighted by molar-refractivity contribution is 5.77. The molecule has 6 nitrogen and oxygen atoms in total. The van der Waals surface area contributed by atoms with Crippen molar-refractivity contribution in [2.75, 3.05) is 20.3 Å². The molecule has 1 amide bonds. The van der Waals surface area contributed by atoms with Gasteiger partial charge in [-0.1, -0.05) is 0 Å². The molecular formula is C13H21N3O3. The fourth-order valence-electron chi connectivity index (χ4n) is 1.63. The first-order valence-electron chi connectivity index (χ1n) is 6.14. The Bertz CT molecular complexity index is 424. The van der Waals surface area contributed by atoms with Crippen LogP contribution < -0.4 is 15.8 Å². The molecule has 1 heterocycles. The van der Waals surface area contributed by atoms with Crippen molar-refractivity contribution in [3.63, 3.8) is 0 Å². The van der Waals surface area contributed by atoms with Crippen LogP contribution >= 0.6 is 0 Å². The number of ether oxygens (including phenoxy) is 2. The van der Waals surface area contributed by atoms with E-state index in [2.05, 4.69) is 10.3 Å². The molecule has 0 aliphatic carbocycles. The number of pyridine rings is 1. The average Bonchev–Trinajstić information content (AvgIpc) is 2.37. The minimum absolute atomic E-state index is 0.0498. The lowest BCUT2D eigenvalue weighted by Gasteiger charge is -2.14. The van der Waals surface area contributed by atoms with Crippen LogP contribution in [0, 0.1) is 6.92 Å². The van der Waals surface area contributed by atoms with Gasteiger partial charge in [-0.25, -0.2) is 0 Å². The van der Waals surface area contributed by atoms with E-state index in [0.29, 0.717) is 18.1 Å². The number of nitrogens with two attached hydrogens (primary N) is 1. The van der Waals surface area contributed by atoms with Gasteiger partial charge < -0.3 is 20.5 Å². The Balaban J connectivity index is 2.50. The quantitative estimate of drug-likeness (QED) is 0.746. The van der Waals surface area contributed by atoms with Crippen LogP contribution in [0.4, 0.5) is 0 Å². The molecule has 0 spiro atoms. The molecule has 0 saturated heterocycles. The first-order chi connectivity index (χ1) is 9.06. The van der Waals surface area contributed by atoms with E-state index in [4.69, 9.17) is 15.2 Å². The van der Waals surface area contributed by atoms with Gasteiger partial charge in [-0.2, -0.15) is 0 Å². The Morgan fingerprint density at radius 1 is 1.53 bits per heavy atom. The van der Waals surface area contributed by atoms with E-state index in [-0.39, 0.29) is 25.1 Å². The number of methoxy groups -OCH3 is 1. The molecule has 0 fully saturated rings. The van der Waals surface area contributed by atoms with Crippen LogP contribution in [0.3, 0.4) is 0 Å². The molecule has 3 N–H and O–H groups in total. The second-order valence-corrected chi connectivity index (χ2v) is 4.31. The molecule has 0 saturated carbocycles. The highest BCUT2D eigenvalue weighted by Crippen LogP contribution is 2.15. The first-order valence-corrected chi connectivity index (χ1v) is 6.14. The van der Waals surface area contributed by atoms with Crippen molar-refractivity contribution in [2.45, 2.75) is 26.4 Å². The molecule has 0 bridgehead atoms. The van der Waals surface area contributed by atoms with Gasteiger partial charge in [-0.15, -0.1) is 0 Å². The summed E-state index contributed by atoms with van der Waals surface area (Å²) in [6.45, 7) is 4.42. The van der Waals surface area contributed by atoms with E-state index in [0.717, 1.165) is 5.69 Å². The molecule has 6 heteroatoms. The number of rotatable bonds is 7. The van der Waals surface area contributed by atoms with E-state index in [9.17, 15) is 4.79 Å². The summed E-state index contributed by atoms with van der Waals surface area (Å²) in [4.78, 5) is 15.9. The molecule has 0 aromatic carbocycles. The van der Waals surface area contributed by atoms with E-state index in [1.807, 2.05) is 19.9 Å². The Morgan fingerprint density at radius 3 is 2.89 bits per heavy atom. The van der Waals surface area contributed by atoms with Crippen LogP contribution in [0.15, 0.2) is 12.1 Å². The lowest BCUT2D eigenvalue weighted by molar-refractivity contribution is -0.124. The summed E-state index contributed by atoms with van der Waals surface area (Å²) in [5, 5.41) is 2.76. The van der Waals surface area contributed by atoms with E-state index < -0.39 is 0 Å². The van der Waals surface area contributed by atoms with Crippen LogP contribution in [0.1, 0.15) is 18.3 Å². The maximum atomic E-state index is 11.6. The van der Waals surface area contributed by atoms with Gasteiger partial charge in [0.25, 0.3) is 5.91 Å². The third-order valence-corrected chi connectivity index (χ3v) is 2.45. The van der Waals surface area contributed by atoms with Gasteiger partial charge in [-0.05, 0) is 26.0 Å². The van der Waals surface area contributed by atoms with Gasteiger partial charge in [0, 0.05) is 25.4 Å². The molecular weight excluding hydrogens is 246 g/mol. The van der Waals surface area contributed by atoms with Crippen LogP contribution in [-0.4, -0.2) is 37.3 Å². The summed E-state index contributed by atoms with van der Waals surface area (Å²) in [7, 11) is 1.59. The number of nitrogens with zero attached hydrogens (tertiary/aromatic N) is 1. The fraction of sp³-hybridized carbons (Fsp3) is 0.538. The number of nitrogens with one attached hydrogen (secondary N) is 1. The molecule has 0 radical (unpaired) electrons. The van der Waals surface area contributed by atoms with Crippen molar-refractivity contribution in [3.05, 3.63) is 23.5 Å². The van der Waals surface area contributed by atoms with E-state index >= 15 is 0 Å². The van der Waals surface area contributed by atoms with Gasteiger partial charge in [0.1, 0.15) is 5.75 Å². The minimum atomic E-state index is -0.201. The average molecular weight is 267 g/mol. The number of aryl methyl sites for hydroxylation is 1. The molecule has 1 aromatic rings. The maximum absolute atomic E-state index is 11.6. The standard InChI is InChI=1S/C13H21N3O3/c1-9-4-5-12(11(6-14)15-9)19-8-13(17)16-10(2)7-18-3/h4-5,10H,6-8,14H2,1-3H3,(H,16,17). The highest BCUT2D eigenvalue weighted by Gasteiger charge is 2.10. The highest BCUT2D eigenvalue weighted by atomic mass is 16.5. The zero-order valence-corrected chi connectivity index (χ0v) is 11.6. The predicted molar refractivity (Wildman–Crippen MR) is 71.8 cm³/mol. The summed E-state index contributed by atoms with van der Waals surface area (Å²) in [6.07, 6.45) is 0. The van der Waals surface area contributed by atoms with Crippen LogP contribution in [0.2, 0.25) is 0 Å². The molecule has 1 rings (SSSR count). The summed E-state index contributed by atoms with van der Waals surface area (Å²) in [6, 6.07) is 3.54. The smallest absolute Gasteiger partial charge is 0.258 e. The number of hydrogen-bond acceptors (Lipinski definition) is 5. The van der Waals surface area contributed by atoms with E-state index in [1.165, 1.54) is 0 Å². The molecule has 1 unspecified atom stereocenters. The maximum Gasteiger partial charge on any atom is 0.258 e. The van der Waals surface area contributed by atoms with Gasteiger partial charge in [-0.3, -0.25) is 9.78 Å². The normalized spacial score (nSPS) is 12.0. The van der Waals surface area contributed by atoms with Gasteiger partial charge in [0.2, 0.25) is 0 Å². The van der Waals surface area contributed by atoms with Crippen molar-refractivity contribution in [1.82, 2.24) is 10.3 Å². The lowest BCUT2D eigenvalue weighted by Crippen LogP contribution is -2.38. The molecule has 19 heavy (non-hydrogen) atoms. The molecule has 106 valence electrons. The molecule has 1 aromatic heterocycles. The summed E-state index contributed by atoms with van der Waals surface area (Å²) in [5.41, 5.74) is 7.10. The summed E-state index contributed by atoms with van der Waals surface area (Å²) >= 11 is 0. The third-order valence-electron chi connectivity index (χ3n) is 2.45. The number of hydrogen-bond donors (Lipinski definition) is 2. The number of carbonyl (C=O) groups is 1. The monoisotopic (exact) mass is 267 g/mol. The Labute approximate surface area is 113 Å². The van der Waals surface area contributed by atoms with Crippen molar-refractivity contribution in [2.24, 2.45) is 5.73 Å². The van der Waals surface area contributed by atoms with Crippen molar-refractivity contribution < 1.29 is 14.3 Å². The van der Waals surface area contributed by atoms with Gasteiger partial charge in [0.15, 0.2) is 6.61 Å². The summed E-state index contributed by atoms with van der Waals surface area (Å²) in [5.74, 6) is 0.343. The van der Waals surface area contributed by atoms with Crippen molar-refractivity contribution >= 4 is 5.91 Å². The second-order valence-electron chi connectivity index (χ2n) is 4.31. The Hall–Kier alpha value is -1.66. The third kappa shape index (κ3) is 5.23. The van der Waals surface area contributed by atoms with Gasteiger partial charge >= 0.3 is 0 Å². The van der Waals surface area contributed by atoms with Crippen LogP contribution in [0.25, 0.3) is 0 Å². The van der Waals surface area contributed by atoms with Gasteiger partial charge in [0.05, 0.1) is 12.3 Å². The first kappa shape index (κ1) is 15.4. The zero-order chi connectivity index (χ0) is 14.3. The molecule has 1 atom stereocenters. The number of aromatic nitrogens is 1. The fourth-order valence-corrected chi connectivity index (χ4v) is 1.63. The van der Waals surface area contributed by atoms with E-state index in [1.54, 1.807) is 13.2 Å². The number of carbonyl (C=O) groups excluding carboxylic acids is 1. The molecule has 0 aliphatic rings. The van der Waals surface area contributed by atoms with Crippen LogP contribution in [0.5, 0.6) is 5.75 Å². The largest absolute Gasteiger partial charge is 0.482 e. The Morgan fingerprint density at radius 2 is 2.26 bits per heavy atom. The SMILES string of the molecule is COCC(C)NC(=O)COc1ccc(C)nc1CN. The van der Waals surface area contributed by atoms with Crippen molar-refractivity contribution in [1.29, 1.82) is 0 Å². The second kappa shape index (κ2) is 7.70. The van der Waals surface area contributed by atoms with Crippen LogP contribution in [-0.2, 0) is 16.1 Å². The summed E-state index contributed by atoms with van der Waals surface area (Å²) < 4.78 is 10.4. The zero-order valence-electron chi connectivity index (χ0n) is 11.6. The number of amides is 1. The van der Waals surface area contributed by atoms with Crippen molar-refractivity contribution in [3.8, 4) is 5.75 Å². The lowest BCUT2D eigenvalue weighted by atomic mass is 10.3. The Kier molecular flexibility index (Phi) is 6.24. The minimum Gasteiger partial charge on any atom is -0.482 e. The predicted octanol–water partition coefficient (Wildman–Crippen LogP) is 0.379.